The van der Waals surface area contributed by atoms with Gasteiger partial charge >= 0.3 is 6.03 Å². The van der Waals surface area contributed by atoms with Gasteiger partial charge in [-0.15, -0.1) is 0 Å². The second kappa shape index (κ2) is 7.75. The second-order valence-electron chi connectivity index (χ2n) is 6.82. The van der Waals surface area contributed by atoms with Crippen molar-refractivity contribution in [2.45, 2.75) is 32.2 Å². The van der Waals surface area contributed by atoms with E-state index >= 15 is 0 Å². The highest BCUT2D eigenvalue weighted by Gasteiger charge is 2.48. The van der Waals surface area contributed by atoms with E-state index in [9.17, 15) is 9.59 Å². The molecule has 3 rings (SSSR count). The third-order valence-electron chi connectivity index (χ3n) is 4.54. The lowest BCUT2D eigenvalue weighted by atomic mass is 9.93. The number of benzene rings is 2. The van der Waals surface area contributed by atoms with E-state index in [1.165, 1.54) is 0 Å². The Labute approximate surface area is 163 Å². The molecule has 2 aromatic rings. The fraction of sp³-hybridized carbons (Fsp3) is 0.250. The largest absolute Gasteiger partial charge is 0.344 e. The number of hydrazine groups is 1. The Morgan fingerprint density at radius 1 is 1.11 bits per heavy atom. The normalized spacial score (nSPS) is 19.0. The summed E-state index contributed by atoms with van der Waals surface area (Å²) in [6.07, 6.45) is 1.18. The summed E-state index contributed by atoms with van der Waals surface area (Å²) in [5, 5.41) is 6.85. The van der Waals surface area contributed by atoms with Crippen LogP contribution in [0.5, 0.6) is 0 Å². The number of urea groups is 1. The second-order valence-corrected chi connectivity index (χ2v) is 7.23. The minimum absolute atomic E-state index is 0.176. The van der Waals surface area contributed by atoms with Crippen LogP contribution in [0, 0.1) is 6.92 Å². The molecule has 0 aliphatic carbocycles. The molecule has 0 radical (unpaired) electrons. The van der Waals surface area contributed by atoms with Gasteiger partial charge in [-0.25, -0.2) is 4.79 Å². The number of hydrogen-bond acceptors (Lipinski definition) is 3. The van der Waals surface area contributed by atoms with E-state index in [4.69, 9.17) is 12.2 Å². The molecule has 27 heavy (non-hydrogen) atoms. The Bertz CT molecular complexity index is 854. The first-order valence-corrected chi connectivity index (χ1v) is 9.13. The summed E-state index contributed by atoms with van der Waals surface area (Å²) in [5.41, 5.74) is 4.73. The molecule has 3 N–H and O–H groups in total. The van der Waals surface area contributed by atoms with Crippen molar-refractivity contribution < 1.29 is 9.59 Å². The van der Waals surface area contributed by atoms with E-state index < -0.39 is 11.6 Å². The molecule has 1 aliphatic heterocycles. The Morgan fingerprint density at radius 2 is 1.78 bits per heavy atom. The van der Waals surface area contributed by atoms with Crippen LogP contribution >= 0.6 is 12.2 Å². The first-order chi connectivity index (χ1) is 12.9. The van der Waals surface area contributed by atoms with Gasteiger partial charge in [-0.3, -0.25) is 10.2 Å². The molecular formula is C20H22N4O2S. The Hall–Kier alpha value is -2.93. The molecular weight excluding hydrogens is 360 g/mol. The summed E-state index contributed by atoms with van der Waals surface area (Å²) in [7, 11) is 0. The average Bonchev–Trinajstić information content (AvgIpc) is 2.86. The van der Waals surface area contributed by atoms with Crippen LogP contribution in [0.4, 0.5) is 10.5 Å². The third kappa shape index (κ3) is 4.43. The topological polar surface area (TPSA) is 73.5 Å². The molecule has 1 aliphatic rings. The lowest BCUT2D eigenvalue weighted by Crippen LogP contribution is -2.50. The van der Waals surface area contributed by atoms with Crippen molar-refractivity contribution in [3.8, 4) is 0 Å². The van der Waals surface area contributed by atoms with Crippen LogP contribution in [-0.4, -0.2) is 27.6 Å². The average molecular weight is 382 g/mol. The van der Waals surface area contributed by atoms with Crippen LogP contribution in [0.2, 0.25) is 0 Å². The molecule has 7 heteroatoms. The van der Waals surface area contributed by atoms with E-state index in [-0.39, 0.29) is 11.0 Å². The molecule has 0 aromatic heterocycles. The first kappa shape index (κ1) is 18.8. The van der Waals surface area contributed by atoms with Gasteiger partial charge in [0, 0.05) is 5.69 Å². The van der Waals surface area contributed by atoms with Crippen molar-refractivity contribution >= 4 is 35.0 Å². The highest BCUT2D eigenvalue weighted by molar-refractivity contribution is 7.80. The number of carbonyl (C=O) groups is 2. The van der Waals surface area contributed by atoms with E-state index in [0.29, 0.717) is 12.8 Å². The number of aryl methyl sites for hydroxylation is 2. The van der Waals surface area contributed by atoms with Crippen LogP contribution in [0.25, 0.3) is 0 Å². The summed E-state index contributed by atoms with van der Waals surface area (Å²) in [4.78, 5) is 25.1. The van der Waals surface area contributed by atoms with Crippen molar-refractivity contribution in [1.29, 1.82) is 0 Å². The maximum absolute atomic E-state index is 12.8. The minimum atomic E-state index is -0.973. The molecule has 1 saturated heterocycles. The number of nitrogens with one attached hydrogen (secondary N) is 3. The van der Waals surface area contributed by atoms with E-state index in [1.54, 1.807) is 6.92 Å². The Balaban J connectivity index is 1.61. The summed E-state index contributed by atoms with van der Waals surface area (Å²) >= 11 is 5.23. The number of hydrogen-bond donors (Lipinski definition) is 3. The van der Waals surface area contributed by atoms with Crippen molar-refractivity contribution in [3.05, 3.63) is 65.7 Å². The fourth-order valence-electron chi connectivity index (χ4n) is 2.89. The number of nitrogens with zero attached hydrogens (tertiary/aromatic N) is 1. The molecule has 1 heterocycles. The number of imide groups is 1. The summed E-state index contributed by atoms with van der Waals surface area (Å²) in [5.74, 6) is -0.350. The molecule has 3 amide bonds. The molecule has 140 valence electrons. The number of thiocarbonyl (C=S) groups is 1. The molecule has 6 nitrogen and oxygen atoms in total. The van der Waals surface area contributed by atoms with Crippen LogP contribution < -0.4 is 16.1 Å². The highest BCUT2D eigenvalue weighted by atomic mass is 32.1. The third-order valence-corrected chi connectivity index (χ3v) is 4.73. The predicted molar refractivity (Wildman–Crippen MR) is 109 cm³/mol. The van der Waals surface area contributed by atoms with Gasteiger partial charge in [-0.2, -0.15) is 5.01 Å². The zero-order chi connectivity index (χ0) is 19.4. The molecule has 2 aromatic carbocycles. The van der Waals surface area contributed by atoms with Crippen LogP contribution in [-0.2, 0) is 11.2 Å². The van der Waals surface area contributed by atoms with Gasteiger partial charge in [-0.05, 0) is 56.6 Å². The Morgan fingerprint density at radius 3 is 2.44 bits per heavy atom. The lowest BCUT2D eigenvalue weighted by molar-refractivity contribution is -0.132. The van der Waals surface area contributed by atoms with E-state index in [1.807, 2.05) is 61.5 Å². The van der Waals surface area contributed by atoms with Crippen molar-refractivity contribution in [3.63, 3.8) is 0 Å². The summed E-state index contributed by atoms with van der Waals surface area (Å²) in [6.45, 7) is 3.72. The monoisotopic (exact) mass is 382 g/mol. The Kier molecular flexibility index (Phi) is 5.41. The van der Waals surface area contributed by atoms with Crippen LogP contribution in [0.1, 0.15) is 24.5 Å². The zero-order valence-corrected chi connectivity index (χ0v) is 16.1. The maximum atomic E-state index is 12.8. The molecule has 0 unspecified atom stereocenters. The first-order valence-electron chi connectivity index (χ1n) is 8.72. The number of rotatable bonds is 5. The number of amides is 3. The quantitative estimate of drug-likeness (QED) is 0.547. The van der Waals surface area contributed by atoms with Crippen LogP contribution in [0.15, 0.2) is 54.6 Å². The van der Waals surface area contributed by atoms with Crippen molar-refractivity contribution in [2.24, 2.45) is 0 Å². The van der Waals surface area contributed by atoms with Gasteiger partial charge < -0.3 is 10.6 Å². The summed E-state index contributed by atoms with van der Waals surface area (Å²) in [6, 6.07) is 17.0. The summed E-state index contributed by atoms with van der Waals surface area (Å²) < 4.78 is 0. The molecule has 0 bridgehead atoms. The van der Waals surface area contributed by atoms with Gasteiger partial charge in [0.15, 0.2) is 5.11 Å². The molecule has 0 saturated carbocycles. The SMILES string of the molecule is Cc1ccc(NC(=S)NN2C(=O)N[C@@](C)(CCc3ccccc3)C2=O)cc1. The lowest BCUT2D eigenvalue weighted by Gasteiger charge is -2.22. The van der Waals surface area contributed by atoms with Gasteiger partial charge in [0.2, 0.25) is 0 Å². The van der Waals surface area contributed by atoms with Crippen molar-refractivity contribution in [2.75, 3.05) is 5.32 Å². The smallest absolute Gasteiger partial charge is 0.331 e. The molecule has 1 fully saturated rings. The van der Waals surface area contributed by atoms with Crippen molar-refractivity contribution in [1.82, 2.24) is 15.8 Å². The highest BCUT2D eigenvalue weighted by Crippen LogP contribution is 2.22. The minimum Gasteiger partial charge on any atom is -0.331 e. The van der Waals surface area contributed by atoms with Gasteiger partial charge in [0.1, 0.15) is 5.54 Å². The van der Waals surface area contributed by atoms with E-state index in [0.717, 1.165) is 21.8 Å². The fourth-order valence-corrected chi connectivity index (χ4v) is 3.10. The van der Waals surface area contributed by atoms with Gasteiger partial charge in [-0.1, -0.05) is 48.0 Å². The number of anilines is 1. The van der Waals surface area contributed by atoms with Crippen LogP contribution in [0.3, 0.4) is 0 Å². The molecule has 1 atom stereocenters. The van der Waals surface area contributed by atoms with Gasteiger partial charge in [0.25, 0.3) is 5.91 Å². The maximum Gasteiger partial charge on any atom is 0.344 e. The predicted octanol–water partition coefficient (Wildman–Crippen LogP) is 3.14. The zero-order valence-electron chi connectivity index (χ0n) is 15.3. The standard InChI is InChI=1S/C20H22N4O2S/c1-14-8-10-16(11-9-14)21-18(27)23-24-17(25)20(2,22-19(24)26)13-12-15-6-4-3-5-7-15/h3-11H,12-13H2,1-2H3,(H,22,26)(H2,21,23,27)/t20-/m0/s1. The van der Waals surface area contributed by atoms with Gasteiger partial charge in [0.05, 0.1) is 0 Å². The number of carbonyl (C=O) groups excluding carboxylic acids is 2. The van der Waals surface area contributed by atoms with E-state index in [2.05, 4.69) is 16.1 Å². The molecule has 0 spiro atoms.